The number of carboxylic acid groups (broad SMARTS) is 1. The number of carbonyl (C=O) groups is 1. The summed E-state index contributed by atoms with van der Waals surface area (Å²) in [6.45, 7) is 2.09. The normalized spacial score (nSPS) is 18.4. The Morgan fingerprint density at radius 2 is 2.40 bits per heavy atom. The van der Waals surface area contributed by atoms with Gasteiger partial charge in [-0.3, -0.25) is 4.79 Å². The summed E-state index contributed by atoms with van der Waals surface area (Å²) in [5, 5.41) is 12.1. The number of nitrogens with one attached hydrogen (secondary N) is 1. The monoisotopic (exact) mass is 161 g/mol. The van der Waals surface area contributed by atoms with Crippen molar-refractivity contribution < 1.29 is 9.90 Å². The first kappa shape index (κ1) is 7.88. The van der Waals surface area contributed by atoms with Crippen molar-refractivity contribution in [2.45, 2.75) is 11.7 Å². The fourth-order valence-electron chi connectivity index (χ4n) is 0.693. The highest BCUT2D eigenvalue weighted by Crippen LogP contribution is 2.15. The summed E-state index contributed by atoms with van der Waals surface area (Å²) >= 11 is 1.75. The number of carboxylic acids is 1. The van der Waals surface area contributed by atoms with Gasteiger partial charge in [0.25, 0.3) is 0 Å². The van der Waals surface area contributed by atoms with Gasteiger partial charge in [-0.15, -0.1) is 0 Å². The number of aliphatic carboxylic acids is 1. The van der Waals surface area contributed by atoms with E-state index in [2.05, 4.69) is 5.32 Å². The number of rotatable bonds is 4. The van der Waals surface area contributed by atoms with E-state index in [1.807, 2.05) is 0 Å². The van der Waals surface area contributed by atoms with Gasteiger partial charge in [0.15, 0.2) is 0 Å². The van der Waals surface area contributed by atoms with Crippen LogP contribution in [0.2, 0.25) is 0 Å². The molecule has 0 unspecified atom stereocenters. The molecule has 10 heavy (non-hydrogen) atoms. The Kier molecular flexibility index (Phi) is 3.02. The van der Waals surface area contributed by atoms with E-state index < -0.39 is 5.97 Å². The summed E-state index contributed by atoms with van der Waals surface area (Å²) in [5.74, 6) is 0.0570. The third kappa shape index (κ3) is 2.58. The molecule has 1 rings (SSSR count). The summed E-state index contributed by atoms with van der Waals surface area (Å²) in [4.78, 5) is 10.1. The average Bonchev–Trinajstić information content (AvgIpc) is 1.75. The molecule has 4 heteroatoms. The van der Waals surface area contributed by atoms with Crippen LogP contribution in [-0.2, 0) is 4.79 Å². The van der Waals surface area contributed by atoms with Gasteiger partial charge in [0.1, 0.15) is 0 Å². The number of thioether (sulfide) groups is 1. The van der Waals surface area contributed by atoms with Crippen LogP contribution >= 0.6 is 11.8 Å². The van der Waals surface area contributed by atoms with Crippen LogP contribution in [0.4, 0.5) is 0 Å². The van der Waals surface area contributed by atoms with Crippen molar-refractivity contribution in [1.82, 2.24) is 5.32 Å². The van der Waals surface area contributed by atoms with E-state index in [1.165, 1.54) is 0 Å². The van der Waals surface area contributed by atoms with E-state index in [1.54, 1.807) is 11.8 Å². The summed E-state index contributed by atoms with van der Waals surface area (Å²) < 4.78 is 0. The summed E-state index contributed by atoms with van der Waals surface area (Å²) in [5.41, 5.74) is 0. The van der Waals surface area contributed by atoms with E-state index in [-0.39, 0.29) is 0 Å². The quantitative estimate of drug-likeness (QED) is 0.617. The Morgan fingerprint density at radius 1 is 1.70 bits per heavy atom. The van der Waals surface area contributed by atoms with Crippen LogP contribution < -0.4 is 5.32 Å². The van der Waals surface area contributed by atoms with Crippen molar-refractivity contribution in [3.63, 3.8) is 0 Å². The van der Waals surface area contributed by atoms with Crippen molar-refractivity contribution in [3.8, 4) is 0 Å². The smallest absolute Gasteiger partial charge is 0.304 e. The number of hydrogen-bond donors (Lipinski definition) is 2. The van der Waals surface area contributed by atoms with Gasteiger partial charge in [-0.2, -0.15) is 11.8 Å². The van der Waals surface area contributed by atoms with Crippen LogP contribution in [0.5, 0.6) is 0 Å². The van der Waals surface area contributed by atoms with Crippen molar-refractivity contribution in [2.24, 2.45) is 0 Å². The second-order valence-electron chi connectivity index (χ2n) is 2.29. The Labute approximate surface area is 64.2 Å². The molecule has 0 amide bonds. The van der Waals surface area contributed by atoms with Gasteiger partial charge in [0.2, 0.25) is 0 Å². The molecular formula is C6H11NO2S. The topological polar surface area (TPSA) is 49.3 Å². The van der Waals surface area contributed by atoms with Gasteiger partial charge in [-0.1, -0.05) is 0 Å². The molecule has 0 spiro atoms. The molecule has 1 aliphatic heterocycles. The predicted octanol–water partition coefficient (Wildman–Crippen LogP) is 0.166. The van der Waals surface area contributed by atoms with E-state index >= 15 is 0 Å². The Bertz CT molecular complexity index is 125. The molecule has 0 bridgehead atoms. The van der Waals surface area contributed by atoms with Crippen LogP contribution in [0.1, 0.15) is 6.42 Å². The first-order valence-corrected chi connectivity index (χ1v) is 4.38. The molecule has 0 aromatic carbocycles. The fraction of sp³-hybridized carbons (Fsp3) is 0.833. The zero-order valence-electron chi connectivity index (χ0n) is 5.67. The Hall–Kier alpha value is -0.220. The maximum absolute atomic E-state index is 10.1. The van der Waals surface area contributed by atoms with Gasteiger partial charge in [-0.25, -0.2) is 0 Å². The van der Waals surface area contributed by atoms with Crippen LogP contribution in [-0.4, -0.2) is 35.2 Å². The van der Waals surface area contributed by atoms with Crippen molar-refractivity contribution >= 4 is 17.7 Å². The molecule has 58 valence electrons. The highest BCUT2D eigenvalue weighted by molar-refractivity contribution is 8.00. The summed E-state index contributed by atoms with van der Waals surface area (Å²) in [7, 11) is 0. The fourth-order valence-corrected chi connectivity index (χ4v) is 1.79. The second kappa shape index (κ2) is 3.83. The predicted molar refractivity (Wildman–Crippen MR) is 41.4 cm³/mol. The third-order valence-electron chi connectivity index (χ3n) is 1.41. The van der Waals surface area contributed by atoms with Crippen molar-refractivity contribution in [2.75, 3.05) is 18.8 Å². The molecule has 1 heterocycles. The Balaban J connectivity index is 1.89. The lowest BCUT2D eigenvalue weighted by atomic mass is 10.3. The van der Waals surface area contributed by atoms with Crippen molar-refractivity contribution in [1.29, 1.82) is 0 Å². The van der Waals surface area contributed by atoms with Gasteiger partial charge >= 0.3 is 5.97 Å². The standard InChI is InChI=1S/C6H11NO2S/c8-6(9)1-2-10-5-3-7-4-5/h5,7H,1-4H2,(H,8,9). The minimum absolute atomic E-state index is 0.293. The van der Waals surface area contributed by atoms with Crippen molar-refractivity contribution in [3.05, 3.63) is 0 Å². The third-order valence-corrected chi connectivity index (χ3v) is 2.66. The average molecular weight is 161 g/mol. The second-order valence-corrected chi connectivity index (χ2v) is 3.70. The van der Waals surface area contributed by atoms with E-state index in [4.69, 9.17) is 5.11 Å². The van der Waals surface area contributed by atoms with Gasteiger partial charge in [-0.05, 0) is 0 Å². The molecular weight excluding hydrogens is 150 g/mol. The number of hydrogen-bond acceptors (Lipinski definition) is 3. The molecule has 0 atom stereocenters. The first-order valence-electron chi connectivity index (χ1n) is 3.33. The molecule has 2 N–H and O–H groups in total. The summed E-state index contributed by atoms with van der Waals surface area (Å²) in [6, 6.07) is 0. The molecule has 1 fully saturated rings. The van der Waals surface area contributed by atoms with Gasteiger partial charge in [0.05, 0.1) is 6.42 Å². The SMILES string of the molecule is O=C(O)CCSC1CNC1. The molecule has 0 aromatic heterocycles. The summed E-state index contributed by atoms with van der Waals surface area (Å²) in [6.07, 6.45) is 0.293. The highest BCUT2D eigenvalue weighted by Gasteiger charge is 2.16. The lowest BCUT2D eigenvalue weighted by molar-refractivity contribution is -0.136. The molecule has 1 aliphatic rings. The Morgan fingerprint density at radius 3 is 2.80 bits per heavy atom. The van der Waals surface area contributed by atoms with Crippen LogP contribution in [0.25, 0.3) is 0 Å². The van der Waals surface area contributed by atoms with E-state index in [0.29, 0.717) is 11.7 Å². The largest absolute Gasteiger partial charge is 0.481 e. The maximum atomic E-state index is 10.1. The maximum Gasteiger partial charge on any atom is 0.304 e. The van der Waals surface area contributed by atoms with Crippen LogP contribution in [0.3, 0.4) is 0 Å². The molecule has 0 aliphatic carbocycles. The molecule has 3 nitrogen and oxygen atoms in total. The lowest BCUT2D eigenvalue weighted by Gasteiger charge is -2.25. The van der Waals surface area contributed by atoms with Crippen LogP contribution in [0, 0.1) is 0 Å². The minimum Gasteiger partial charge on any atom is -0.481 e. The van der Waals surface area contributed by atoms with E-state index in [0.717, 1.165) is 18.8 Å². The van der Waals surface area contributed by atoms with Gasteiger partial charge < -0.3 is 10.4 Å². The molecule has 0 saturated carbocycles. The first-order chi connectivity index (χ1) is 4.79. The lowest BCUT2D eigenvalue weighted by Crippen LogP contribution is -2.44. The minimum atomic E-state index is -0.695. The van der Waals surface area contributed by atoms with Gasteiger partial charge in [0, 0.05) is 24.1 Å². The highest BCUT2D eigenvalue weighted by atomic mass is 32.2. The molecule has 1 saturated heterocycles. The van der Waals surface area contributed by atoms with Crippen LogP contribution in [0.15, 0.2) is 0 Å². The zero-order chi connectivity index (χ0) is 7.40. The molecule has 0 radical (unpaired) electrons. The zero-order valence-corrected chi connectivity index (χ0v) is 6.49. The molecule has 0 aromatic rings. The van der Waals surface area contributed by atoms with E-state index in [9.17, 15) is 4.79 Å².